The predicted molar refractivity (Wildman–Crippen MR) is 111 cm³/mol. The van der Waals surface area contributed by atoms with Crippen LogP contribution in [-0.2, 0) is 12.0 Å². The van der Waals surface area contributed by atoms with E-state index in [2.05, 4.69) is 54.5 Å². The number of aliphatic imine (C=N–C) groups is 1. The molecule has 0 fully saturated rings. The second kappa shape index (κ2) is 9.48. The van der Waals surface area contributed by atoms with Crippen LogP contribution in [-0.4, -0.2) is 38.9 Å². The highest BCUT2D eigenvalue weighted by molar-refractivity contribution is 5.79. The molecule has 2 N–H and O–H groups in total. The Balaban J connectivity index is 1.97. The van der Waals surface area contributed by atoms with E-state index in [1.54, 1.807) is 21.3 Å². The molecule has 0 aliphatic rings. The van der Waals surface area contributed by atoms with Crippen LogP contribution >= 0.6 is 0 Å². The minimum atomic E-state index is -0.145. The Bertz CT molecular complexity index is 797. The number of hydrogen-bond acceptors (Lipinski definition) is 5. The Hall–Kier alpha value is -2.70. The fourth-order valence-electron chi connectivity index (χ4n) is 2.74. The Kier molecular flexibility index (Phi) is 7.31. The van der Waals surface area contributed by atoms with Crippen LogP contribution < -0.4 is 20.1 Å². The molecule has 2 aromatic rings. The standard InChI is InChI=1S/C21H32N4O3/c1-14(2)17-11-16(28-25-17)12-23-20(22-5)24-13-21(3,4)15-8-9-18(26-6)19(10-15)27-7/h8-11,14H,12-13H2,1-7H3,(H2,22,23,24). The van der Waals surface area contributed by atoms with Gasteiger partial charge in [-0.05, 0) is 23.6 Å². The van der Waals surface area contributed by atoms with Gasteiger partial charge in [0, 0.05) is 25.1 Å². The van der Waals surface area contributed by atoms with Crippen LogP contribution in [0.2, 0.25) is 0 Å². The van der Waals surface area contributed by atoms with E-state index in [1.807, 2.05) is 18.2 Å². The van der Waals surface area contributed by atoms with Crippen molar-refractivity contribution in [3.8, 4) is 11.5 Å². The number of rotatable bonds is 8. The van der Waals surface area contributed by atoms with E-state index in [-0.39, 0.29) is 5.41 Å². The average Bonchev–Trinajstić information content (AvgIpc) is 3.16. The lowest BCUT2D eigenvalue weighted by Gasteiger charge is -2.27. The summed E-state index contributed by atoms with van der Waals surface area (Å²) in [7, 11) is 5.03. The smallest absolute Gasteiger partial charge is 0.191 e. The van der Waals surface area contributed by atoms with E-state index < -0.39 is 0 Å². The summed E-state index contributed by atoms with van der Waals surface area (Å²) in [5.41, 5.74) is 1.95. The Labute approximate surface area is 167 Å². The van der Waals surface area contributed by atoms with Crippen molar-refractivity contribution < 1.29 is 14.0 Å². The normalized spacial score (nSPS) is 12.2. The number of ether oxygens (including phenoxy) is 2. The molecule has 0 saturated heterocycles. The zero-order valence-electron chi connectivity index (χ0n) is 17.9. The summed E-state index contributed by atoms with van der Waals surface area (Å²) in [6.07, 6.45) is 0. The molecule has 0 bridgehead atoms. The number of guanidine groups is 1. The van der Waals surface area contributed by atoms with Crippen LogP contribution in [0.25, 0.3) is 0 Å². The molecule has 0 saturated carbocycles. The zero-order chi connectivity index (χ0) is 20.7. The van der Waals surface area contributed by atoms with Crippen LogP contribution in [0.4, 0.5) is 0 Å². The highest BCUT2D eigenvalue weighted by Crippen LogP contribution is 2.32. The molecule has 0 radical (unpaired) electrons. The number of methoxy groups -OCH3 is 2. The van der Waals surface area contributed by atoms with Gasteiger partial charge >= 0.3 is 0 Å². The molecule has 28 heavy (non-hydrogen) atoms. The molecule has 0 aliphatic carbocycles. The topological polar surface area (TPSA) is 80.9 Å². The van der Waals surface area contributed by atoms with Crippen LogP contribution in [0.5, 0.6) is 11.5 Å². The molecule has 2 rings (SSSR count). The minimum Gasteiger partial charge on any atom is -0.493 e. The van der Waals surface area contributed by atoms with Crippen LogP contribution in [0.1, 0.15) is 50.6 Å². The summed E-state index contributed by atoms with van der Waals surface area (Å²) >= 11 is 0. The minimum absolute atomic E-state index is 0.145. The van der Waals surface area contributed by atoms with Crippen molar-refractivity contribution in [2.24, 2.45) is 4.99 Å². The van der Waals surface area contributed by atoms with Crippen LogP contribution in [0, 0.1) is 0 Å². The maximum atomic E-state index is 5.43. The van der Waals surface area contributed by atoms with Crippen molar-refractivity contribution >= 4 is 5.96 Å². The monoisotopic (exact) mass is 388 g/mol. The molecule has 7 nitrogen and oxygen atoms in total. The molecule has 0 unspecified atom stereocenters. The lowest BCUT2D eigenvalue weighted by molar-refractivity contribution is 0.353. The molecule has 1 aromatic carbocycles. The molecule has 0 amide bonds. The Morgan fingerprint density at radius 2 is 1.86 bits per heavy atom. The number of nitrogens with one attached hydrogen (secondary N) is 2. The van der Waals surface area contributed by atoms with E-state index in [1.165, 1.54) is 0 Å². The highest BCUT2D eigenvalue weighted by Gasteiger charge is 2.23. The second-order valence-corrected chi connectivity index (χ2v) is 7.61. The SMILES string of the molecule is CN=C(NCc1cc(C(C)C)no1)NCC(C)(C)c1ccc(OC)c(OC)c1. The van der Waals surface area contributed by atoms with Crippen molar-refractivity contribution in [1.29, 1.82) is 0 Å². The molecule has 7 heteroatoms. The van der Waals surface area contributed by atoms with Gasteiger partial charge in [0.25, 0.3) is 0 Å². The fraction of sp³-hybridized carbons (Fsp3) is 0.524. The number of nitrogens with zero attached hydrogens (tertiary/aromatic N) is 2. The summed E-state index contributed by atoms with van der Waals surface area (Å²) in [6.45, 7) is 9.73. The lowest BCUT2D eigenvalue weighted by atomic mass is 9.84. The zero-order valence-corrected chi connectivity index (χ0v) is 17.9. The third kappa shape index (κ3) is 5.41. The lowest BCUT2D eigenvalue weighted by Crippen LogP contribution is -2.43. The van der Waals surface area contributed by atoms with Gasteiger partial charge in [0.15, 0.2) is 23.2 Å². The van der Waals surface area contributed by atoms with Crippen molar-refractivity contribution in [2.75, 3.05) is 27.8 Å². The summed E-state index contributed by atoms with van der Waals surface area (Å²) < 4.78 is 16.1. The van der Waals surface area contributed by atoms with Gasteiger partial charge in [-0.2, -0.15) is 0 Å². The first-order valence-electron chi connectivity index (χ1n) is 9.43. The predicted octanol–water partition coefficient (Wildman–Crippen LogP) is 3.46. The van der Waals surface area contributed by atoms with Gasteiger partial charge in [0.2, 0.25) is 0 Å². The number of benzene rings is 1. The molecule has 154 valence electrons. The first-order valence-corrected chi connectivity index (χ1v) is 9.43. The number of hydrogen-bond donors (Lipinski definition) is 2. The van der Waals surface area contributed by atoms with Gasteiger partial charge in [-0.25, -0.2) is 0 Å². The Morgan fingerprint density at radius 3 is 2.43 bits per heavy atom. The summed E-state index contributed by atoms with van der Waals surface area (Å²) in [5, 5.41) is 10.7. The van der Waals surface area contributed by atoms with E-state index in [0.717, 1.165) is 28.5 Å². The van der Waals surface area contributed by atoms with Gasteiger partial charge in [0.05, 0.1) is 26.5 Å². The van der Waals surface area contributed by atoms with Gasteiger partial charge in [-0.1, -0.05) is 38.9 Å². The van der Waals surface area contributed by atoms with Crippen LogP contribution in [0.15, 0.2) is 33.8 Å². The largest absolute Gasteiger partial charge is 0.493 e. The molecular weight excluding hydrogens is 356 g/mol. The quantitative estimate of drug-likeness (QED) is 0.532. The molecule has 0 aliphatic heterocycles. The highest BCUT2D eigenvalue weighted by atomic mass is 16.5. The van der Waals surface area contributed by atoms with Crippen molar-refractivity contribution in [2.45, 2.75) is 45.6 Å². The Morgan fingerprint density at radius 1 is 1.14 bits per heavy atom. The van der Waals surface area contributed by atoms with E-state index in [4.69, 9.17) is 14.0 Å². The summed E-state index contributed by atoms with van der Waals surface area (Å²) in [4.78, 5) is 4.29. The summed E-state index contributed by atoms with van der Waals surface area (Å²) in [6, 6.07) is 7.97. The fourth-order valence-corrected chi connectivity index (χ4v) is 2.74. The van der Waals surface area contributed by atoms with Crippen LogP contribution in [0.3, 0.4) is 0 Å². The van der Waals surface area contributed by atoms with Crippen molar-refractivity contribution in [3.05, 3.63) is 41.3 Å². The third-order valence-corrected chi connectivity index (χ3v) is 4.69. The maximum Gasteiger partial charge on any atom is 0.191 e. The van der Waals surface area contributed by atoms with E-state index in [9.17, 15) is 0 Å². The second-order valence-electron chi connectivity index (χ2n) is 7.61. The van der Waals surface area contributed by atoms with Gasteiger partial charge in [-0.3, -0.25) is 4.99 Å². The van der Waals surface area contributed by atoms with Gasteiger partial charge in [0.1, 0.15) is 0 Å². The molecule has 1 heterocycles. The number of aromatic nitrogens is 1. The average molecular weight is 389 g/mol. The van der Waals surface area contributed by atoms with E-state index in [0.29, 0.717) is 25.0 Å². The molecule has 0 atom stereocenters. The van der Waals surface area contributed by atoms with Gasteiger partial charge < -0.3 is 24.6 Å². The molecule has 0 spiro atoms. The first kappa shape index (κ1) is 21.6. The molecule has 1 aromatic heterocycles. The maximum absolute atomic E-state index is 5.43. The third-order valence-electron chi connectivity index (χ3n) is 4.69. The van der Waals surface area contributed by atoms with Gasteiger partial charge in [-0.15, -0.1) is 0 Å². The van der Waals surface area contributed by atoms with E-state index >= 15 is 0 Å². The van der Waals surface area contributed by atoms with Crippen molar-refractivity contribution in [1.82, 2.24) is 15.8 Å². The first-order chi connectivity index (χ1) is 13.3. The van der Waals surface area contributed by atoms with Crippen molar-refractivity contribution in [3.63, 3.8) is 0 Å². The molecular formula is C21H32N4O3. The summed E-state index contributed by atoms with van der Waals surface area (Å²) in [5.74, 6) is 3.28.